The number of rotatable bonds is 8. The average Bonchev–Trinajstić information content (AvgIpc) is 2.30. The number of carbonyl (C=O) groups excluding carboxylic acids is 1. The van der Waals surface area contributed by atoms with Gasteiger partial charge in [-0.15, -0.1) is 0 Å². The molecule has 0 aromatic carbocycles. The van der Waals surface area contributed by atoms with Gasteiger partial charge in [0.25, 0.3) is 0 Å². The number of ketones is 1. The van der Waals surface area contributed by atoms with Gasteiger partial charge in [0, 0.05) is 6.42 Å². The van der Waals surface area contributed by atoms with Crippen molar-refractivity contribution in [2.45, 2.75) is 71.1 Å². The smallest absolute Gasteiger partial charge is 0.155 e. The minimum absolute atomic E-state index is 0.316. The molecule has 0 aromatic rings. The molecule has 1 aliphatic rings. The molecule has 1 nitrogen and oxygen atoms in total. The Balaban J connectivity index is 1.91. The summed E-state index contributed by atoms with van der Waals surface area (Å²) in [5, 5.41) is 0. The third-order valence-electron chi connectivity index (χ3n) is 3.49. The van der Waals surface area contributed by atoms with Gasteiger partial charge in [0.1, 0.15) is 0 Å². The van der Waals surface area contributed by atoms with Crippen molar-refractivity contribution in [2.24, 2.45) is 5.92 Å². The fraction of sp³-hybridized carbons (Fsp3) is 0.800. The van der Waals surface area contributed by atoms with E-state index in [1.807, 2.05) is 0 Å². The van der Waals surface area contributed by atoms with Gasteiger partial charge in [0.05, 0.1) is 0 Å². The standard InChI is InChI=1S/C15H26O/c1-2-3-4-5-6-7-8-9-14-10-12-15(16)13-11-14/h10,12,14H,2-9,11,13H2,1H3/t14-/m0/s1. The summed E-state index contributed by atoms with van der Waals surface area (Å²) in [4.78, 5) is 11.0. The number of unbranched alkanes of at least 4 members (excludes halogenated alkanes) is 6. The van der Waals surface area contributed by atoms with Crippen LogP contribution in [0.15, 0.2) is 12.2 Å². The van der Waals surface area contributed by atoms with Crippen LogP contribution in [0.2, 0.25) is 0 Å². The zero-order valence-electron chi connectivity index (χ0n) is 10.7. The van der Waals surface area contributed by atoms with Crippen LogP contribution >= 0.6 is 0 Å². The molecule has 1 heteroatoms. The quantitative estimate of drug-likeness (QED) is 0.546. The van der Waals surface area contributed by atoms with Crippen molar-refractivity contribution in [3.8, 4) is 0 Å². The first kappa shape index (κ1) is 13.5. The Hall–Kier alpha value is -0.590. The van der Waals surface area contributed by atoms with Crippen LogP contribution in [0.1, 0.15) is 71.1 Å². The molecule has 0 aliphatic heterocycles. The van der Waals surface area contributed by atoms with E-state index in [9.17, 15) is 4.79 Å². The summed E-state index contributed by atoms with van der Waals surface area (Å²) in [5.74, 6) is 1.00. The minimum Gasteiger partial charge on any atom is -0.295 e. The molecule has 0 amide bonds. The zero-order valence-corrected chi connectivity index (χ0v) is 10.7. The lowest BCUT2D eigenvalue weighted by Crippen LogP contribution is -2.07. The van der Waals surface area contributed by atoms with Crippen molar-refractivity contribution in [2.75, 3.05) is 0 Å². The molecule has 0 N–H and O–H groups in total. The Kier molecular flexibility index (Phi) is 7.20. The molecule has 0 aromatic heterocycles. The highest BCUT2D eigenvalue weighted by Gasteiger charge is 2.11. The minimum atomic E-state index is 0.316. The monoisotopic (exact) mass is 222 g/mol. The van der Waals surface area contributed by atoms with Crippen LogP contribution in [0, 0.1) is 5.92 Å². The van der Waals surface area contributed by atoms with Crippen molar-refractivity contribution in [1.29, 1.82) is 0 Å². The van der Waals surface area contributed by atoms with Crippen molar-refractivity contribution in [3.63, 3.8) is 0 Å². The maximum Gasteiger partial charge on any atom is 0.155 e. The van der Waals surface area contributed by atoms with Gasteiger partial charge < -0.3 is 0 Å². The van der Waals surface area contributed by atoms with E-state index in [0.29, 0.717) is 11.7 Å². The van der Waals surface area contributed by atoms with Gasteiger partial charge in [-0.3, -0.25) is 4.79 Å². The van der Waals surface area contributed by atoms with Crippen LogP contribution in [0.5, 0.6) is 0 Å². The largest absolute Gasteiger partial charge is 0.295 e. The molecule has 0 unspecified atom stereocenters. The second-order valence-corrected chi connectivity index (χ2v) is 5.03. The molecule has 0 radical (unpaired) electrons. The molecule has 0 saturated heterocycles. The Morgan fingerprint density at radius 3 is 2.44 bits per heavy atom. The fourth-order valence-corrected chi connectivity index (χ4v) is 2.35. The molecule has 0 heterocycles. The topological polar surface area (TPSA) is 17.1 Å². The third-order valence-corrected chi connectivity index (χ3v) is 3.49. The van der Waals surface area contributed by atoms with E-state index in [1.54, 1.807) is 6.08 Å². The highest BCUT2D eigenvalue weighted by molar-refractivity contribution is 5.90. The molecular weight excluding hydrogens is 196 g/mol. The van der Waals surface area contributed by atoms with E-state index in [4.69, 9.17) is 0 Å². The zero-order chi connectivity index (χ0) is 11.6. The van der Waals surface area contributed by atoms with Crippen LogP contribution in [-0.2, 0) is 4.79 Å². The Morgan fingerprint density at radius 2 is 1.81 bits per heavy atom. The summed E-state index contributed by atoms with van der Waals surface area (Å²) in [6, 6.07) is 0. The summed E-state index contributed by atoms with van der Waals surface area (Å²) < 4.78 is 0. The van der Waals surface area contributed by atoms with Crippen LogP contribution in [0.3, 0.4) is 0 Å². The van der Waals surface area contributed by atoms with E-state index in [2.05, 4.69) is 13.0 Å². The van der Waals surface area contributed by atoms with Crippen LogP contribution < -0.4 is 0 Å². The van der Waals surface area contributed by atoms with E-state index >= 15 is 0 Å². The lowest BCUT2D eigenvalue weighted by atomic mass is 9.90. The lowest BCUT2D eigenvalue weighted by Gasteiger charge is -2.15. The van der Waals surface area contributed by atoms with Gasteiger partial charge in [-0.25, -0.2) is 0 Å². The summed E-state index contributed by atoms with van der Waals surface area (Å²) >= 11 is 0. The number of allylic oxidation sites excluding steroid dienone is 2. The van der Waals surface area contributed by atoms with Crippen molar-refractivity contribution < 1.29 is 4.79 Å². The Morgan fingerprint density at radius 1 is 1.12 bits per heavy atom. The molecule has 0 bridgehead atoms. The molecule has 1 atom stereocenters. The van der Waals surface area contributed by atoms with Crippen molar-refractivity contribution >= 4 is 5.78 Å². The van der Waals surface area contributed by atoms with E-state index in [1.165, 1.54) is 51.4 Å². The second-order valence-electron chi connectivity index (χ2n) is 5.03. The predicted octanol–water partition coefficient (Wildman–Crippen LogP) is 4.66. The van der Waals surface area contributed by atoms with Crippen LogP contribution in [0.4, 0.5) is 0 Å². The maximum atomic E-state index is 11.0. The van der Waals surface area contributed by atoms with Gasteiger partial charge in [0.15, 0.2) is 5.78 Å². The summed E-state index contributed by atoms with van der Waals surface area (Å²) in [5.41, 5.74) is 0. The molecule has 16 heavy (non-hydrogen) atoms. The van der Waals surface area contributed by atoms with Gasteiger partial charge in [-0.05, 0) is 24.8 Å². The van der Waals surface area contributed by atoms with Crippen LogP contribution in [-0.4, -0.2) is 5.78 Å². The van der Waals surface area contributed by atoms with Gasteiger partial charge >= 0.3 is 0 Å². The second kappa shape index (κ2) is 8.55. The molecule has 0 saturated carbocycles. The first-order valence-corrected chi connectivity index (χ1v) is 7.04. The molecular formula is C15H26O. The summed E-state index contributed by atoms with van der Waals surface area (Å²) in [6.45, 7) is 2.26. The number of carbonyl (C=O) groups is 1. The van der Waals surface area contributed by atoms with E-state index in [-0.39, 0.29) is 0 Å². The van der Waals surface area contributed by atoms with E-state index in [0.717, 1.165) is 12.8 Å². The normalized spacial score (nSPS) is 20.3. The molecule has 0 fully saturated rings. The fourth-order valence-electron chi connectivity index (χ4n) is 2.35. The molecule has 0 spiro atoms. The molecule has 1 rings (SSSR count). The van der Waals surface area contributed by atoms with Gasteiger partial charge in [-0.2, -0.15) is 0 Å². The Labute approximate surface area is 100 Å². The molecule has 92 valence electrons. The van der Waals surface area contributed by atoms with Crippen molar-refractivity contribution in [1.82, 2.24) is 0 Å². The number of hydrogen-bond donors (Lipinski definition) is 0. The summed E-state index contributed by atoms with van der Waals surface area (Å²) in [7, 11) is 0. The maximum absolute atomic E-state index is 11.0. The predicted molar refractivity (Wildman–Crippen MR) is 69.5 cm³/mol. The highest BCUT2D eigenvalue weighted by atomic mass is 16.1. The Bertz CT molecular complexity index is 217. The average molecular weight is 222 g/mol. The van der Waals surface area contributed by atoms with Gasteiger partial charge in [-0.1, -0.05) is 57.9 Å². The third kappa shape index (κ3) is 6.09. The highest BCUT2D eigenvalue weighted by Crippen LogP contribution is 2.21. The van der Waals surface area contributed by atoms with E-state index < -0.39 is 0 Å². The lowest BCUT2D eigenvalue weighted by molar-refractivity contribution is -0.115. The first-order valence-electron chi connectivity index (χ1n) is 7.04. The van der Waals surface area contributed by atoms with Crippen molar-refractivity contribution in [3.05, 3.63) is 12.2 Å². The van der Waals surface area contributed by atoms with Gasteiger partial charge in [0.2, 0.25) is 0 Å². The first-order chi connectivity index (χ1) is 7.83. The molecule has 1 aliphatic carbocycles. The number of hydrogen-bond acceptors (Lipinski definition) is 1. The van der Waals surface area contributed by atoms with Crippen LogP contribution in [0.25, 0.3) is 0 Å². The summed E-state index contributed by atoms with van der Waals surface area (Å²) in [6.07, 6.45) is 16.7. The SMILES string of the molecule is CCCCCCCCC[C@H]1C=CC(=O)CC1.